The van der Waals surface area contributed by atoms with Gasteiger partial charge in [-0.2, -0.15) is 0 Å². The molecule has 0 saturated heterocycles. The minimum absolute atomic E-state index is 0.448. The van der Waals surface area contributed by atoms with Crippen LogP contribution in [0.15, 0.2) is 0 Å². The zero-order valence-corrected chi connectivity index (χ0v) is 24.0. The van der Waals surface area contributed by atoms with Crippen molar-refractivity contribution < 1.29 is 4.43 Å². The molecule has 32 heavy (non-hydrogen) atoms. The molecule has 0 aromatic heterocycles. The van der Waals surface area contributed by atoms with E-state index >= 15 is 0 Å². The second-order valence-corrected chi connectivity index (χ2v) is 19.2. The van der Waals surface area contributed by atoms with E-state index in [1.165, 1.54) is 77.0 Å². The summed E-state index contributed by atoms with van der Waals surface area (Å²) in [6, 6.07) is 0. The van der Waals surface area contributed by atoms with Crippen LogP contribution in [0.25, 0.3) is 0 Å². The van der Waals surface area contributed by atoms with Gasteiger partial charge in [-0.1, -0.05) is 60.3 Å². The average Bonchev–Trinajstić information content (AvgIpc) is 3.04. The summed E-state index contributed by atoms with van der Waals surface area (Å²) < 4.78 is 7.00. The van der Waals surface area contributed by atoms with Gasteiger partial charge < -0.3 is 4.43 Å². The molecule has 2 unspecified atom stereocenters. The quantitative estimate of drug-likeness (QED) is 0.344. The van der Waals surface area contributed by atoms with Crippen molar-refractivity contribution in [3.8, 4) is 0 Å². The molecule has 4 aliphatic rings. The summed E-state index contributed by atoms with van der Waals surface area (Å²) in [5, 5.41) is 0. The normalized spacial score (nSPS) is 45.3. The maximum atomic E-state index is 7.00. The van der Waals surface area contributed by atoms with Gasteiger partial charge >= 0.3 is 0 Å². The Bertz CT molecular complexity index is 637. The van der Waals surface area contributed by atoms with Crippen LogP contribution < -0.4 is 0 Å². The van der Waals surface area contributed by atoms with Crippen molar-refractivity contribution >= 4 is 8.32 Å². The van der Waals surface area contributed by atoms with Crippen molar-refractivity contribution in [2.75, 3.05) is 0 Å². The van der Waals surface area contributed by atoms with Gasteiger partial charge in [0.2, 0.25) is 0 Å². The maximum Gasteiger partial charge on any atom is 0.184 e. The summed E-state index contributed by atoms with van der Waals surface area (Å²) in [6.45, 7) is 20.1. The van der Waals surface area contributed by atoms with Crippen LogP contribution in [0.4, 0.5) is 0 Å². The fourth-order valence-electron chi connectivity index (χ4n) is 9.92. The highest BCUT2D eigenvalue weighted by Crippen LogP contribution is 2.68. The third-order valence-electron chi connectivity index (χ3n) is 11.4. The summed E-state index contributed by atoms with van der Waals surface area (Å²) in [5.41, 5.74) is 1.06. The first kappa shape index (κ1) is 25.3. The first-order valence-electron chi connectivity index (χ1n) is 14.6. The molecule has 0 amide bonds. The summed E-state index contributed by atoms with van der Waals surface area (Å²) in [7, 11) is -1.51. The number of rotatable bonds is 7. The first-order chi connectivity index (χ1) is 15.0. The fourth-order valence-corrected chi connectivity index (χ4v) is 11.1. The van der Waals surface area contributed by atoms with Crippen LogP contribution in [-0.2, 0) is 4.43 Å². The molecule has 186 valence electrons. The zero-order chi connectivity index (χ0) is 23.3. The Morgan fingerprint density at radius 3 is 2.28 bits per heavy atom. The lowest BCUT2D eigenvalue weighted by molar-refractivity contribution is -0.159. The highest BCUT2D eigenvalue weighted by atomic mass is 28.4. The zero-order valence-electron chi connectivity index (χ0n) is 23.0. The van der Waals surface area contributed by atoms with E-state index in [2.05, 4.69) is 54.3 Å². The van der Waals surface area contributed by atoms with Gasteiger partial charge in [0, 0.05) is 0 Å². The largest absolute Gasteiger partial charge is 0.414 e. The van der Waals surface area contributed by atoms with Crippen molar-refractivity contribution in [3.05, 3.63) is 0 Å². The molecule has 0 aromatic rings. The van der Waals surface area contributed by atoms with Gasteiger partial charge in [-0.15, -0.1) is 0 Å². The van der Waals surface area contributed by atoms with Crippen LogP contribution in [0, 0.1) is 52.3 Å². The molecule has 0 radical (unpaired) electrons. The van der Waals surface area contributed by atoms with E-state index in [-0.39, 0.29) is 0 Å². The van der Waals surface area contributed by atoms with Crippen molar-refractivity contribution in [1.29, 1.82) is 0 Å². The predicted molar refractivity (Wildman–Crippen MR) is 141 cm³/mol. The van der Waals surface area contributed by atoms with Gasteiger partial charge in [0.15, 0.2) is 8.32 Å². The van der Waals surface area contributed by atoms with E-state index in [0.717, 1.165) is 41.4 Å². The Kier molecular flexibility index (Phi) is 7.37. The molecule has 0 bridgehead atoms. The highest BCUT2D eigenvalue weighted by Gasteiger charge is 2.62. The van der Waals surface area contributed by atoms with Gasteiger partial charge in [-0.25, -0.2) is 0 Å². The van der Waals surface area contributed by atoms with Gasteiger partial charge in [0.05, 0.1) is 6.10 Å². The lowest BCUT2D eigenvalue weighted by Crippen LogP contribution is -2.59. The summed E-state index contributed by atoms with van der Waals surface area (Å²) >= 11 is 0. The van der Waals surface area contributed by atoms with Crippen molar-refractivity contribution in [2.45, 2.75) is 137 Å². The number of fused-ring (bicyclic) bond motifs is 5. The van der Waals surface area contributed by atoms with Gasteiger partial charge in [-0.05, 0) is 123 Å². The summed E-state index contributed by atoms with van der Waals surface area (Å²) in [4.78, 5) is 0. The van der Waals surface area contributed by atoms with E-state index in [0.29, 0.717) is 16.9 Å². The van der Waals surface area contributed by atoms with Crippen LogP contribution in [0.1, 0.15) is 112 Å². The molecule has 2 heteroatoms. The molecule has 4 aliphatic carbocycles. The molecular weight excluding hydrogens is 404 g/mol. The Labute approximate surface area is 202 Å². The maximum absolute atomic E-state index is 7.00. The standard InChI is InChI=1S/C30H56OSi/c1-21(2)11-9-12-22(3)25-17-18-26-24-16-15-23-13-10-14-28(31-32(6,7)8)30(23,5)27(24)19-20-29(25,26)4/h21-28H,9-20H2,1-8H3/t22-,23?,24+,25-,26+,27+,28?,29-,30+/m1/s1. The second kappa shape index (κ2) is 9.33. The van der Waals surface area contributed by atoms with Crippen LogP contribution >= 0.6 is 0 Å². The molecule has 0 N–H and O–H groups in total. The van der Waals surface area contributed by atoms with Crippen LogP contribution in [-0.4, -0.2) is 14.4 Å². The van der Waals surface area contributed by atoms with E-state index < -0.39 is 8.32 Å². The Hall–Kier alpha value is 0.177. The molecule has 1 nitrogen and oxygen atoms in total. The van der Waals surface area contributed by atoms with Crippen LogP contribution in [0.3, 0.4) is 0 Å². The SMILES string of the molecule is CC(C)CCC[C@@H](C)[C@H]1CC[C@H]2[C@@H]3CCC4CCCC(O[Si](C)(C)C)[C@]4(C)[C@H]3CC[C@]12C. The van der Waals surface area contributed by atoms with Gasteiger partial charge in [0.1, 0.15) is 0 Å². The fraction of sp³-hybridized carbons (Fsp3) is 1.00. The molecule has 0 aromatic carbocycles. The minimum Gasteiger partial charge on any atom is -0.414 e. The number of hydrogen-bond donors (Lipinski definition) is 0. The predicted octanol–water partition coefficient (Wildman–Crippen LogP) is 9.33. The Morgan fingerprint density at radius 2 is 1.59 bits per heavy atom. The molecule has 4 fully saturated rings. The number of hydrogen-bond acceptors (Lipinski definition) is 1. The third kappa shape index (κ3) is 4.55. The molecule has 0 aliphatic heterocycles. The van der Waals surface area contributed by atoms with E-state index in [1.807, 2.05) is 0 Å². The lowest BCUT2D eigenvalue weighted by Gasteiger charge is -2.63. The summed E-state index contributed by atoms with van der Waals surface area (Å²) in [6.07, 6.45) is 18.1. The molecule has 4 saturated carbocycles. The minimum atomic E-state index is -1.51. The van der Waals surface area contributed by atoms with Gasteiger partial charge in [-0.3, -0.25) is 0 Å². The van der Waals surface area contributed by atoms with Crippen LogP contribution in [0.2, 0.25) is 19.6 Å². The van der Waals surface area contributed by atoms with E-state index in [4.69, 9.17) is 4.43 Å². The van der Waals surface area contributed by atoms with Crippen molar-refractivity contribution in [2.24, 2.45) is 52.3 Å². The molecular formula is C30H56OSi. The second-order valence-electron chi connectivity index (χ2n) is 14.7. The van der Waals surface area contributed by atoms with E-state index in [1.54, 1.807) is 0 Å². The first-order valence-corrected chi connectivity index (χ1v) is 18.1. The van der Waals surface area contributed by atoms with Crippen LogP contribution in [0.5, 0.6) is 0 Å². The Morgan fingerprint density at radius 1 is 0.844 bits per heavy atom. The smallest absolute Gasteiger partial charge is 0.184 e. The summed E-state index contributed by atoms with van der Waals surface area (Å²) in [5.74, 6) is 6.59. The van der Waals surface area contributed by atoms with Crippen molar-refractivity contribution in [1.82, 2.24) is 0 Å². The highest BCUT2D eigenvalue weighted by molar-refractivity contribution is 6.69. The lowest BCUT2D eigenvalue weighted by atomic mass is 9.44. The van der Waals surface area contributed by atoms with Gasteiger partial charge in [0.25, 0.3) is 0 Å². The Balaban J connectivity index is 1.52. The van der Waals surface area contributed by atoms with E-state index in [9.17, 15) is 0 Å². The third-order valence-corrected chi connectivity index (χ3v) is 12.4. The molecule has 9 atom stereocenters. The topological polar surface area (TPSA) is 9.23 Å². The molecule has 4 rings (SSSR count). The monoisotopic (exact) mass is 460 g/mol. The molecule has 0 spiro atoms. The average molecular weight is 461 g/mol. The molecule has 0 heterocycles. The van der Waals surface area contributed by atoms with Crippen molar-refractivity contribution in [3.63, 3.8) is 0 Å².